The smallest absolute Gasteiger partial charge is 0.305 e. The van der Waals surface area contributed by atoms with Gasteiger partial charge < -0.3 is 25.2 Å². The van der Waals surface area contributed by atoms with Crippen LogP contribution in [-0.2, 0) is 19.1 Å². The second-order valence-electron chi connectivity index (χ2n) is 5.72. The number of hydrogen-bond acceptors (Lipinski definition) is 5. The van der Waals surface area contributed by atoms with Crippen LogP contribution in [0.1, 0.15) is 32.1 Å². The largest absolute Gasteiger partial charge is 0.481 e. The molecule has 2 aliphatic rings. The Kier molecular flexibility index (Phi) is 5.96. The summed E-state index contributed by atoms with van der Waals surface area (Å²) in [6, 6.07) is -1.01. The van der Waals surface area contributed by atoms with Crippen molar-refractivity contribution in [1.82, 2.24) is 4.90 Å². The van der Waals surface area contributed by atoms with E-state index >= 15 is 0 Å². The topological polar surface area (TPSA) is 102 Å². The molecule has 1 amide bonds. The summed E-state index contributed by atoms with van der Waals surface area (Å²) in [4.78, 5) is 24.7. The third-order valence-corrected chi connectivity index (χ3v) is 3.92. The van der Waals surface area contributed by atoms with Crippen molar-refractivity contribution >= 4 is 11.9 Å². The average molecular weight is 300 g/mol. The summed E-state index contributed by atoms with van der Waals surface area (Å²) in [7, 11) is 0. The summed E-state index contributed by atoms with van der Waals surface area (Å²) in [5, 5.41) is 8.78. The van der Waals surface area contributed by atoms with Gasteiger partial charge in [-0.05, 0) is 25.7 Å². The van der Waals surface area contributed by atoms with Gasteiger partial charge in [0.25, 0.3) is 0 Å². The van der Waals surface area contributed by atoms with E-state index in [0.29, 0.717) is 26.3 Å². The van der Waals surface area contributed by atoms with Gasteiger partial charge in [-0.15, -0.1) is 0 Å². The Hall–Kier alpha value is -1.18. The van der Waals surface area contributed by atoms with Crippen LogP contribution in [0.25, 0.3) is 0 Å². The van der Waals surface area contributed by atoms with E-state index in [1.54, 1.807) is 4.90 Å². The number of aliphatic carboxylic acids is 1. The molecular formula is C14H24N2O5. The number of nitrogens with zero attached hydrogens (tertiary/aromatic N) is 1. The van der Waals surface area contributed by atoms with Crippen molar-refractivity contribution in [2.75, 3.05) is 26.3 Å². The van der Waals surface area contributed by atoms with Crippen molar-refractivity contribution in [3.63, 3.8) is 0 Å². The number of carbonyl (C=O) groups is 2. The molecule has 2 heterocycles. The fraction of sp³-hybridized carbons (Fsp3) is 0.857. The van der Waals surface area contributed by atoms with Crippen LogP contribution in [0.15, 0.2) is 0 Å². The van der Waals surface area contributed by atoms with Gasteiger partial charge >= 0.3 is 5.97 Å². The quantitative estimate of drug-likeness (QED) is 0.685. The number of hydrogen-bond donors (Lipinski definition) is 2. The first-order valence-corrected chi connectivity index (χ1v) is 7.55. The lowest BCUT2D eigenvalue weighted by Crippen LogP contribution is -2.49. The van der Waals surface area contributed by atoms with Crippen molar-refractivity contribution in [1.29, 1.82) is 0 Å². The molecule has 3 atom stereocenters. The van der Waals surface area contributed by atoms with Gasteiger partial charge in [-0.1, -0.05) is 0 Å². The van der Waals surface area contributed by atoms with Crippen LogP contribution in [0.5, 0.6) is 0 Å². The minimum Gasteiger partial charge on any atom is -0.481 e. The highest BCUT2D eigenvalue weighted by atomic mass is 16.5. The molecule has 0 radical (unpaired) electrons. The molecule has 7 heteroatoms. The Bertz CT molecular complexity index is 346. The predicted molar refractivity (Wildman–Crippen MR) is 74.8 cm³/mol. The molecule has 7 nitrogen and oxygen atoms in total. The highest BCUT2D eigenvalue weighted by Crippen LogP contribution is 2.18. The number of carbonyl (C=O) groups excluding carboxylic acids is 1. The number of ether oxygens (including phenoxy) is 2. The Labute approximate surface area is 124 Å². The number of nitrogens with two attached hydrogens (primary N) is 1. The molecule has 0 spiro atoms. The zero-order valence-corrected chi connectivity index (χ0v) is 12.2. The first-order chi connectivity index (χ1) is 10.1. The highest BCUT2D eigenvalue weighted by molar-refractivity contribution is 5.86. The second-order valence-corrected chi connectivity index (χ2v) is 5.72. The lowest BCUT2D eigenvalue weighted by atomic mass is 10.1. The van der Waals surface area contributed by atoms with Crippen molar-refractivity contribution in [3.8, 4) is 0 Å². The monoisotopic (exact) mass is 300 g/mol. The van der Waals surface area contributed by atoms with Crippen LogP contribution < -0.4 is 5.73 Å². The Morgan fingerprint density at radius 1 is 1.14 bits per heavy atom. The van der Waals surface area contributed by atoms with Gasteiger partial charge in [0.2, 0.25) is 5.91 Å². The molecule has 0 aromatic carbocycles. The van der Waals surface area contributed by atoms with E-state index in [1.807, 2.05) is 0 Å². The lowest BCUT2D eigenvalue weighted by Gasteiger charge is -2.29. The van der Waals surface area contributed by atoms with Gasteiger partial charge in [-0.3, -0.25) is 9.59 Å². The van der Waals surface area contributed by atoms with Gasteiger partial charge in [0.15, 0.2) is 0 Å². The second kappa shape index (κ2) is 7.72. The van der Waals surface area contributed by atoms with Crippen molar-refractivity contribution in [2.45, 2.75) is 50.4 Å². The highest BCUT2D eigenvalue weighted by Gasteiger charge is 2.30. The standard InChI is InChI=1S/C14H24N2O5/c15-12(7-13(17)18)14(19)16(8-10-3-1-5-20-10)9-11-4-2-6-21-11/h10-12H,1-9,15H2,(H,17,18). The summed E-state index contributed by atoms with van der Waals surface area (Å²) in [6.07, 6.45) is 3.51. The number of amides is 1. The van der Waals surface area contributed by atoms with Crippen LogP contribution in [0.4, 0.5) is 0 Å². The fourth-order valence-electron chi connectivity index (χ4n) is 2.83. The molecule has 0 saturated carbocycles. The van der Waals surface area contributed by atoms with Crippen LogP contribution in [0, 0.1) is 0 Å². The summed E-state index contributed by atoms with van der Waals surface area (Å²) in [5.74, 6) is -1.39. The lowest BCUT2D eigenvalue weighted by molar-refractivity contribution is -0.143. The van der Waals surface area contributed by atoms with Gasteiger partial charge in [-0.2, -0.15) is 0 Å². The summed E-state index contributed by atoms with van der Waals surface area (Å²) in [6.45, 7) is 2.36. The van der Waals surface area contributed by atoms with Crippen LogP contribution in [0.2, 0.25) is 0 Å². The SMILES string of the molecule is NC(CC(=O)O)C(=O)N(CC1CCCO1)CC1CCCO1. The van der Waals surface area contributed by atoms with E-state index in [4.69, 9.17) is 20.3 Å². The van der Waals surface area contributed by atoms with Gasteiger partial charge in [0.05, 0.1) is 24.7 Å². The molecule has 2 aliphatic heterocycles. The molecule has 0 aliphatic carbocycles. The molecule has 2 rings (SSSR count). The van der Waals surface area contributed by atoms with E-state index in [2.05, 4.69) is 0 Å². The molecule has 0 aromatic rings. The number of carboxylic acids is 1. The van der Waals surface area contributed by atoms with E-state index in [0.717, 1.165) is 25.7 Å². The molecule has 2 fully saturated rings. The van der Waals surface area contributed by atoms with E-state index in [9.17, 15) is 9.59 Å². The van der Waals surface area contributed by atoms with Crippen LogP contribution in [-0.4, -0.2) is 66.4 Å². The summed E-state index contributed by atoms with van der Waals surface area (Å²) in [5.41, 5.74) is 5.71. The maximum absolute atomic E-state index is 12.4. The normalized spacial score (nSPS) is 26.7. The summed E-state index contributed by atoms with van der Waals surface area (Å²) >= 11 is 0. The molecule has 0 bridgehead atoms. The molecular weight excluding hydrogens is 276 g/mol. The predicted octanol–water partition coefficient (Wildman–Crippen LogP) is -0.0250. The zero-order valence-electron chi connectivity index (χ0n) is 12.2. The zero-order chi connectivity index (χ0) is 15.2. The minimum atomic E-state index is -1.06. The van der Waals surface area contributed by atoms with Crippen LogP contribution in [0.3, 0.4) is 0 Å². The van der Waals surface area contributed by atoms with E-state index in [1.165, 1.54) is 0 Å². The number of carboxylic acid groups (broad SMARTS) is 1. The van der Waals surface area contributed by atoms with Crippen molar-refractivity contribution in [3.05, 3.63) is 0 Å². The maximum Gasteiger partial charge on any atom is 0.305 e. The van der Waals surface area contributed by atoms with Crippen molar-refractivity contribution < 1.29 is 24.2 Å². The van der Waals surface area contributed by atoms with Gasteiger partial charge in [0.1, 0.15) is 0 Å². The maximum atomic E-state index is 12.4. The first kappa shape index (κ1) is 16.2. The average Bonchev–Trinajstić information content (AvgIpc) is 3.09. The van der Waals surface area contributed by atoms with Crippen LogP contribution >= 0.6 is 0 Å². The molecule has 21 heavy (non-hydrogen) atoms. The Balaban J connectivity index is 1.94. The molecule has 0 aromatic heterocycles. The van der Waals surface area contributed by atoms with E-state index in [-0.39, 0.29) is 24.5 Å². The van der Waals surface area contributed by atoms with E-state index < -0.39 is 12.0 Å². The van der Waals surface area contributed by atoms with Crippen molar-refractivity contribution in [2.24, 2.45) is 5.73 Å². The third kappa shape index (κ3) is 4.94. The Morgan fingerprint density at radius 2 is 1.67 bits per heavy atom. The fourth-order valence-corrected chi connectivity index (χ4v) is 2.83. The molecule has 3 unspecified atom stereocenters. The van der Waals surface area contributed by atoms with Gasteiger partial charge in [-0.25, -0.2) is 0 Å². The molecule has 2 saturated heterocycles. The third-order valence-electron chi connectivity index (χ3n) is 3.92. The molecule has 120 valence electrons. The molecule has 3 N–H and O–H groups in total. The summed E-state index contributed by atoms with van der Waals surface area (Å²) < 4.78 is 11.1. The first-order valence-electron chi connectivity index (χ1n) is 7.55. The van der Waals surface area contributed by atoms with Gasteiger partial charge in [0, 0.05) is 26.3 Å². The minimum absolute atomic E-state index is 0.0207. The Morgan fingerprint density at radius 3 is 2.05 bits per heavy atom. The number of rotatable bonds is 7.